The zero-order chi connectivity index (χ0) is 29.6. The average Bonchev–Trinajstić information content (AvgIpc) is 2.91. The summed E-state index contributed by atoms with van der Waals surface area (Å²) < 4.78 is 109. The SMILES string of the molecule is O=C(CCCc1cc2cccc3ccc4cccc1c4c32)OCCS(=O)(=O)c1cc(C(F)(F)F)cc(C(F)(F)F)c1. The molecule has 0 aliphatic rings. The topological polar surface area (TPSA) is 60.4 Å². The fourth-order valence-electron chi connectivity index (χ4n) is 5.03. The Balaban J connectivity index is 1.23. The predicted octanol–water partition coefficient (Wildman–Crippen LogP) is 7.96. The molecule has 4 nitrogen and oxygen atoms in total. The molecule has 0 spiro atoms. The highest BCUT2D eigenvalue weighted by atomic mass is 32.2. The Bertz CT molecular complexity index is 1830. The van der Waals surface area contributed by atoms with Crippen molar-refractivity contribution in [2.45, 2.75) is 36.5 Å². The Morgan fingerprint density at radius 1 is 0.732 bits per heavy atom. The maximum Gasteiger partial charge on any atom is 0.416 e. The first-order valence-electron chi connectivity index (χ1n) is 12.6. The zero-order valence-electron chi connectivity index (χ0n) is 21.3. The molecule has 0 aromatic heterocycles. The van der Waals surface area contributed by atoms with Gasteiger partial charge in [-0.25, -0.2) is 8.42 Å². The highest BCUT2D eigenvalue weighted by Crippen LogP contribution is 2.38. The van der Waals surface area contributed by atoms with Gasteiger partial charge in [0.15, 0.2) is 9.84 Å². The molecule has 5 aromatic carbocycles. The number of benzene rings is 5. The molecule has 0 radical (unpaired) electrons. The second-order valence-corrected chi connectivity index (χ2v) is 11.8. The van der Waals surface area contributed by atoms with Crippen LogP contribution in [-0.2, 0) is 38.1 Å². The van der Waals surface area contributed by atoms with Crippen LogP contribution in [0.5, 0.6) is 0 Å². The van der Waals surface area contributed by atoms with Gasteiger partial charge in [0.25, 0.3) is 0 Å². The van der Waals surface area contributed by atoms with Crippen molar-refractivity contribution in [3.63, 3.8) is 0 Å². The summed E-state index contributed by atoms with van der Waals surface area (Å²) in [6.45, 7) is -0.712. The minimum Gasteiger partial charge on any atom is -0.465 e. The zero-order valence-corrected chi connectivity index (χ0v) is 22.1. The van der Waals surface area contributed by atoms with Crippen LogP contribution in [0.1, 0.15) is 29.5 Å². The molecular formula is C30H22F6O4S. The number of esters is 1. The number of rotatable bonds is 8. The monoisotopic (exact) mass is 592 g/mol. The first-order chi connectivity index (χ1) is 19.2. The molecule has 0 heterocycles. The Morgan fingerprint density at radius 2 is 1.32 bits per heavy atom. The smallest absolute Gasteiger partial charge is 0.416 e. The van der Waals surface area contributed by atoms with Crippen molar-refractivity contribution in [1.29, 1.82) is 0 Å². The summed E-state index contributed by atoms with van der Waals surface area (Å²) in [7, 11) is -4.61. The summed E-state index contributed by atoms with van der Waals surface area (Å²) in [6.07, 6.45) is -9.52. The van der Waals surface area contributed by atoms with Gasteiger partial charge in [-0.1, -0.05) is 54.6 Å². The summed E-state index contributed by atoms with van der Waals surface area (Å²) in [6, 6.07) is 18.4. The lowest BCUT2D eigenvalue weighted by Crippen LogP contribution is -2.18. The molecule has 0 bridgehead atoms. The van der Waals surface area contributed by atoms with E-state index >= 15 is 0 Å². The van der Waals surface area contributed by atoms with Crippen LogP contribution in [0.3, 0.4) is 0 Å². The number of sulfone groups is 1. The van der Waals surface area contributed by atoms with Gasteiger partial charge in [-0.05, 0) is 68.9 Å². The van der Waals surface area contributed by atoms with Crippen LogP contribution in [0.25, 0.3) is 32.3 Å². The van der Waals surface area contributed by atoms with Crippen LogP contribution >= 0.6 is 0 Å². The van der Waals surface area contributed by atoms with E-state index in [0.29, 0.717) is 12.8 Å². The standard InChI is InChI=1S/C30H22F6O4S/c31-29(32,33)22-15-23(30(34,35)36)17-24(16-22)41(38,39)13-12-40-26(37)9-3-6-20-14-21-7-1-4-18-10-11-19-5-2-8-25(20)28(19)27(18)21/h1-2,4-5,7-8,10-11,14-17H,3,6,9,12-13H2. The molecule has 0 aliphatic heterocycles. The van der Waals surface area contributed by atoms with E-state index in [-0.39, 0.29) is 24.6 Å². The number of ether oxygens (including phenoxy) is 1. The quantitative estimate of drug-likeness (QED) is 0.104. The van der Waals surface area contributed by atoms with Crippen molar-refractivity contribution in [2.24, 2.45) is 0 Å². The summed E-state index contributed by atoms with van der Waals surface area (Å²) in [5.41, 5.74) is -2.45. The molecule has 11 heteroatoms. The highest BCUT2D eigenvalue weighted by molar-refractivity contribution is 7.91. The normalized spacial score (nSPS) is 12.9. The van der Waals surface area contributed by atoms with Crippen LogP contribution in [-0.4, -0.2) is 26.7 Å². The van der Waals surface area contributed by atoms with Crippen molar-refractivity contribution in [1.82, 2.24) is 0 Å². The average molecular weight is 593 g/mol. The molecule has 0 atom stereocenters. The first-order valence-corrected chi connectivity index (χ1v) is 14.2. The largest absolute Gasteiger partial charge is 0.465 e. The molecule has 0 N–H and O–H groups in total. The van der Waals surface area contributed by atoms with E-state index in [1.165, 1.54) is 0 Å². The first kappa shape index (κ1) is 28.7. The van der Waals surface area contributed by atoms with Gasteiger partial charge in [0.2, 0.25) is 0 Å². The van der Waals surface area contributed by atoms with E-state index in [9.17, 15) is 39.6 Å². The van der Waals surface area contributed by atoms with E-state index < -0.39 is 56.5 Å². The van der Waals surface area contributed by atoms with Gasteiger partial charge in [-0.15, -0.1) is 0 Å². The number of halogens is 6. The summed E-state index contributed by atoms with van der Waals surface area (Å²) in [4.78, 5) is 11.1. The molecule has 0 unspecified atom stereocenters. The van der Waals surface area contributed by atoms with Gasteiger partial charge in [0.1, 0.15) is 6.61 Å². The Hall–Kier alpha value is -3.86. The summed E-state index contributed by atoms with van der Waals surface area (Å²) >= 11 is 0. The van der Waals surface area contributed by atoms with E-state index in [0.717, 1.165) is 37.9 Å². The number of aryl methyl sites for hydroxylation is 1. The van der Waals surface area contributed by atoms with E-state index in [2.05, 4.69) is 18.2 Å². The Labute approximate surface area is 230 Å². The predicted molar refractivity (Wildman–Crippen MR) is 143 cm³/mol. The Kier molecular flexibility index (Phi) is 7.35. The molecule has 214 valence electrons. The lowest BCUT2D eigenvalue weighted by atomic mass is 9.90. The van der Waals surface area contributed by atoms with Gasteiger partial charge >= 0.3 is 18.3 Å². The van der Waals surface area contributed by atoms with E-state index in [1.807, 2.05) is 36.4 Å². The van der Waals surface area contributed by atoms with Crippen LogP contribution in [0, 0.1) is 0 Å². The van der Waals surface area contributed by atoms with Gasteiger partial charge in [-0.2, -0.15) is 26.3 Å². The highest BCUT2D eigenvalue weighted by Gasteiger charge is 2.38. The molecule has 5 aromatic rings. The van der Waals surface area contributed by atoms with Crippen LogP contribution in [0.15, 0.2) is 77.7 Å². The number of hydrogen-bond acceptors (Lipinski definition) is 4. The number of alkyl halides is 6. The van der Waals surface area contributed by atoms with Gasteiger partial charge in [0.05, 0.1) is 21.8 Å². The molecule has 0 saturated heterocycles. The second kappa shape index (κ2) is 10.5. The summed E-state index contributed by atoms with van der Waals surface area (Å²) in [5, 5.41) is 6.64. The van der Waals surface area contributed by atoms with Crippen molar-refractivity contribution in [3.8, 4) is 0 Å². The minimum absolute atomic E-state index is 0.0546. The molecule has 5 rings (SSSR count). The maximum atomic E-state index is 13.1. The Morgan fingerprint density at radius 3 is 1.95 bits per heavy atom. The van der Waals surface area contributed by atoms with Crippen molar-refractivity contribution >= 4 is 48.1 Å². The molecular weight excluding hydrogens is 570 g/mol. The fourth-order valence-corrected chi connectivity index (χ4v) is 6.18. The number of carbonyl (C=O) groups is 1. The second-order valence-electron chi connectivity index (χ2n) is 9.72. The third-order valence-electron chi connectivity index (χ3n) is 6.96. The third kappa shape index (κ3) is 5.95. The molecule has 0 aliphatic carbocycles. The van der Waals surface area contributed by atoms with Gasteiger partial charge in [0, 0.05) is 6.42 Å². The van der Waals surface area contributed by atoms with Gasteiger partial charge in [-0.3, -0.25) is 4.79 Å². The lowest BCUT2D eigenvalue weighted by molar-refractivity contribution is -0.144. The van der Waals surface area contributed by atoms with E-state index in [1.54, 1.807) is 0 Å². The number of carbonyl (C=O) groups excluding carboxylic acids is 1. The number of hydrogen-bond donors (Lipinski definition) is 0. The van der Waals surface area contributed by atoms with Gasteiger partial charge < -0.3 is 4.74 Å². The van der Waals surface area contributed by atoms with Crippen molar-refractivity contribution in [3.05, 3.63) is 89.5 Å². The molecule has 0 fully saturated rings. The summed E-state index contributed by atoms with van der Waals surface area (Å²) in [5.74, 6) is -1.69. The molecule has 0 amide bonds. The lowest BCUT2D eigenvalue weighted by Gasteiger charge is -2.15. The van der Waals surface area contributed by atoms with Crippen molar-refractivity contribution in [2.75, 3.05) is 12.4 Å². The fraction of sp³-hybridized carbons (Fsp3) is 0.233. The van der Waals surface area contributed by atoms with Crippen LogP contribution < -0.4 is 0 Å². The molecule has 41 heavy (non-hydrogen) atoms. The minimum atomic E-state index is -5.19. The third-order valence-corrected chi connectivity index (χ3v) is 8.61. The molecule has 0 saturated carbocycles. The van der Waals surface area contributed by atoms with Crippen molar-refractivity contribution < 1.29 is 44.3 Å². The maximum absolute atomic E-state index is 13.1. The van der Waals surface area contributed by atoms with Crippen LogP contribution in [0.4, 0.5) is 26.3 Å². The van der Waals surface area contributed by atoms with Crippen LogP contribution in [0.2, 0.25) is 0 Å². The van der Waals surface area contributed by atoms with E-state index in [4.69, 9.17) is 4.74 Å².